The number of benzene rings is 1. The quantitative estimate of drug-likeness (QED) is 0.743. The maximum absolute atomic E-state index is 12.5. The van der Waals surface area contributed by atoms with E-state index in [0.29, 0.717) is 0 Å². The molecule has 19 heavy (non-hydrogen) atoms. The van der Waals surface area contributed by atoms with Crippen molar-refractivity contribution in [2.75, 3.05) is 5.75 Å². The Morgan fingerprint density at radius 1 is 1.37 bits per heavy atom. The highest BCUT2D eigenvalue weighted by atomic mass is 32.2. The smallest absolute Gasteiger partial charge is 0.288 e. The summed E-state index contributed by atoms with van der Waals surface area (Å²) in [6.07, 6.45) is -4.47. The van der Waals surface area contributed by atoms with Crippen LogP contribution in [0.25, 0.3) is 0 Å². The van der Waals surface area contributed by atoms with Crippen LogP contribution in [-0.2, 0) is 11.0 Å². The predicted molar refractivity (Wildman–Crippen MR) is 66.2 cm³/mol. The summed E-state index contributed by atoms with van der Waals surface area (Å²) >= 11 is 0.956. The van der Waals surface area contributed by atoms with Crippen molar-refractivity contribution in [3.05, 3.63) is 34.9 Å². The molecule has 0 aliphatic rings. The topological polar surface area (TPSA) is 40.9 Å². The zero-order valence-electron chi connectivity index (χ0n) is 9.84. The number of thioether (sulfide) groups is 1. The Labute approximate surface area is 112 Å². The lowest BCUT2D eigenvalue weighted by Crippen LogP contribution is -2.05. The van der Waals surface area contributed by atoms with Crippen LogP contribution in [-0.4, -0.2) is 10.9 Å². The van der Waals surface area contributed by atoms with Crippen LogP contribution in [0, 0.1) is 23.2 Å². The van der Waals surface area contributed by atoms with Crippen molar-refractivity contribution in [1.82, 2.24) is 0 Å². The summed E-state index contributed by atoms with van der Waals surface area (Å²) in [4.78, 5) is 10.7. The molecule has 0 saturated carbocycles. The number of alkyl halides is 3. The fourth-order valence-electron chi connectivity index (χ4n) is 1.19. The van der Waals surface area contributed by atoms with Gasteiger partial charge in [0.1, 0.15) is 6.07 Å². The van der Waals surface area contributed by atoms with Gasteiger partial charge in [0.15, 0.2) is 5.12 Å². The molecule has 0 aromatic heterocycles. The summed E-state index contributed by atoms with van der Waals surface area (Å²) < 4.78 is 37.6. The highest BCUT2D eigenvalue weighted by molar-refractivity contribution is 8.13. The minimum Gasteiger partial charge on any atom is -0.288 e. The number of carbonyl (C=O) groups is 1. The molecule has 0 bridgehead atoms. The lowest BCUT2D eigenvalue weighted by molar-refractivity contribution is -0.137. The van der Waals surface area contributed by atoms with Crippen LogP contribution in [0.3, 0.4) is 0 Å². The molecule has 1 aromatic rings. The molecule has 6 heteroatoms. The second-order valence-electron chi connectivity index (χ2n) is 3.45. The highest BCUT2D eigenvalue weighted by Gasteiger charge is 2.30. The van der Waals surface area contributed by atoms with Crippen LogP contribution in [0.1, 0.15) is 23.6 Å². The summed E-state index contributed by atoms with van der Waals surface area (Å²) in [6.45, 7) is 1.37. The zero-order chi connectivity index (χ0) is 14.5. The molecule has 0 saturated heterocycles. The van der Waals surface area contributed by atoms with Crippen molar-refractivity contribution in [1.29, 1.82) is 5.26 Å². The third-order valence-corrected chi connectivity index (χ3v) is 2.73. The first-order chi connectivity index (χ1) is 8.84. The van der Waals surface area contributed by atoms with Gasteiger partial charge in [0.05, 0.1) is 16.9 Å². The zero-order valence-corrected chi connectivity index (χ0v) is 10.7. The second-order valence-corrected chi connectivity index (χ2v) is 4.60. The molecule has 2 nitrogen and oxygen atoms in total. The molecule has 0 radical (unpaired) electrons. The van der Waals surface area contributed by atoms with E-state index in [1.165, 1.54) is 6.92 Å². The normalized spacial score (nSPS) is 10.3. The number of hydrogen-bond acceptors (Lipinski definition) is 3. The maximum atomic E-state index is 12.5. The molecule has 0 fully saturated rings. The maximum Gasteiger partial charge on any atom is 0.416 e. The molecule has 1 aromatic carbocycles. The molecule has 0 aliphatic heterocycles. The van der Waals surface area contributed by atoms with Crippen LogP contribution in [0.4, 0.5) is 13.2 Å². The molecule has 98 valence electrons. The summed E-state index contributed by atoms with van der Waals surface area (Å²) in [5, 5.41) is 8.67. The van der Waals surface area contributed by atoms with Gasteiger partial charge in [-0.05, 0) is 18.2 Å². The van der Waals surface area contributed by atoms with Gasteiger partial charge in [-0.25, -0.2) is 0 Å². The monoisotopic (exact) mass is 283 g/mol. The van der Waals surface area contributed by atoms with Crippen molar-refractivity contribution in [2.45, 2.75) is 13.1 Å². The molecule has 0 atom stereocenters. The van der Waals surface area contributed by atoms with Gasteiger partial charge in [-0.15, -0.1) is 0 Å². The van der Waals surface area contributed by atoms with Gasteiger partial charge in [0.2, 0.25) is 0 Å². The molecule has 0 spiro atoms. The first kappa shape index (κ1) is 15.1. The van der Waals surface area contributed by atoms with E-state index < -0.39 is 11.7 Å². The number of carbonyl (C=O) groups excluding carboxylic acids is 1. The van der Waals surface area contributed by atoms with Crippen LogP contribution in [0.5, 0.6) is 0 Å². The number of nitriles is 1. The van der Waals surface area contributed by atoms with E-state index in [0.717, 1.165) is 30.0 Å². The molecule has 0 amide bonds. The minimum absolute atomic E-state index is 0.0153. The molecule has 0 heterocycles. The largest absolute Gasteiger partial charge is 0.416 e. The summed E-state index contributed by atoms with van der Waals surface area (Å²) in [7, 11) is 0. The Balaban J connectivity index is 3.04. The molecular weight excluding hydrogens is 275 g/mol. The van der Waals surface area contributed by atoms with Crippen LogP contribution in [0.2, 0.25) is 0 Å². The van der Waals surface area contributed by atoms with E-state index >= 15 is 0 Å². The highest BCUT2D eigenvalue weighted by Crippen LogP contribution is 2.30. The summed E-state index contributed by atoms with van der Waals surface area (Å²) in [6, 6.07) is 4.55. The summed E-state index contributed by atoms with van der Waals surface area (Å²) in [5.41, 5.74) is -0.759. The van der Waals surface area contributed by atoms with Crippen molar-refractivity contribution >= 4 is 16.9 Å². The van der Waals surface area contributed by atoms with E-state index in [-0.39, 0.29) is 22.0 Å². The molecular formula is C13H8F3NOS. The van der Waals surface area contributed by atoms with Crippen molar-refractivity contribution in [2.24, 2.45) is 0 Å². The average molecular weight is 283 g/mol. The van der Waals surface area contributed by atoms with Gasteiger partial charge in [-0.1, -0.05) is 23.6 Å². The first-order valence-corrected chi connectivity index (χ1v) is 6.06. The van der Waals surface area contributed by atoms with Crippen molar-refractivity contribution < 1.29 is 18.0 Å². The fourth-order valence-corrected chi connectivity index (χ4v) is 1.54. The van der Waals surface area contributed by atoms with E-state index in [2.05, 4.69) is 11.8 Å². The number of hydrogen-bond donors (Lipinski definition) is 0. The molecule has 0 unspecified atom stereocenters. The van der Waals surface area contributed by atoms with E-state index in [1.807, 2.05) is 0 Å². The average Bonchev–Trinajstić information content (AvgIpc) is 2.33. The van der Waals surface area contributed by atoms with Gasteiger partial charge in [-0.2, -0.15) is 18.4 Å². The molecule has 0 N–H and O–H groups in total. The standard InChI is InChI=1S/C13H8F3NOS/c1-9(18)19-6-2-3-10-7-12(13(14,15)16)5-4-11(10)8-17/h4-5,7H,6H2,1H3. The Kier molecular flexibility index (Phi) is 5.02. The summed E-state index contributed by atoms with van der Waals surface area (Å²) in [5.74, 6) is 5.22. The molecule has 1 rings (SSSR count). The van der Waals surface area contributed by atoms with Gasteiger partial charge in [0.25, 0.3) is 0 Å². The predicted octanol–water partition coefficient (Wildman–Crippen LogP) is 3.21. The van der Waals surface area contributed by atoms with Crippen molar-refractivity contribution in [3.8, 4) is 17.9 Å². The number of halogens is 3. The lowest BCUT2D eigenvalue weighted by Gasteiger charge is -2.07. The fraction of sp³-hybridized carbons (Fsp3) is 0.231. The van der Waals surface area contributed by atoms with Gasteiger partial charge >= 0.3 is 6.18 Å². The Morgan fingerprint density at radius 3 is 2.58 bits per heavy atom. The van der Waals surface area contributed by atoms with E-state index in [4.69, 9.17) is 5.26 Å². The van der Waals surface area contributed by atoms with Crippen LogP contribution >= 0.6 is 11.8 Å². The first-order valence-electron chi connectivity index (χ1n) is 5.08. The Hall–Kier alpha value is -1.92. The van der Waals surface area contributed by atoms with Crippen molar-refractivity contribution in [3.63, 3.8) is 0 Å². The van der Waals surface area contributed by atoms with E-state index in [9.17, 15) is 18.0 Å². The number of rotatable bonds is 1. The van der Waals surface area contributed by atoms with Gasteiger partial charge in [0, 0.05) is 12.5 Å². The van der Waals surface area contributed by atoms with Crippen LogP contribution in [0.15, 0.2) is 18.2 Å². The third-order valence-electron chi connectivity index (χ3n) is 2.04. The lowest BCUT2D eigenvalue weighted by atomic mass is 10.0. The van der Waals surface area contributed by atoms with Gasteiger partial charge in [-0.3, -0.25) is 4.79 Å². The van der Waals surface area contributed by atoms with Crippen LogP contribution < -0.4 is 0 Å². The van der Waals surface area contributed by atoms with E-state index in [1.54, 1.807) is 6.07 Å². The second kappa shape index (κ2) is 6.31. The molecule has 0 aliphatic carbocycles. The Morgan fingerprint density at radius 2 is 2.05 bits per heavy atom. The SMILES string of the molecule is CC(=O)SCC#Cc1cc(C(F)(F)F)ccc1C#N. The third kappa shape index (κ3) is 4.69. The number of nitrogens with zero attached hydrogens (tertiary/aromatic N) is 1. The Bertz CT molecular complexity index is 591. The van der Waals surface area contributed by atoms with Gasteiger partial charge < -0.3 is 0 Å². The minimum atomic E-state index is -4.47.